The number of aromatic nitrogens is 1. The van der Waals surface area contributed by atoms with Gasteiger partial charge in [0.05, 0.1) is 17.7 Å². The normalized spacial score (nSPS) is 20.0. The van der Waals surface area contributed by atoms with Crippen LogP contribution in [0, 0.1) is 6.92 Å². The summed E-state index contributed by atoms with van der Waals surface area (Å²) in [6.07, 6.45) is 0.717. The van der Waals surface area contributed by atoms with Gasteiger partial charge in [-0.05, 0) is 24.5 Å². The fourth-order valence-electron chi connectivity index (χ4n) is 2.53. The van der Waals surface area contributed by atoms with Crippen LogP contribution in [0.25, 0.3) is 0 Å². The van der Waals surface area contributed by atoms with Crippen molar-refractivity contribution in [2.75, 3.05) is 6.61 Å². The number of hydrogen-bond donors (Lipinski definition) is 1. The Morgan fingerprint density at radius 2 is 2.32 bits per heavy atom. The van der Waals surface area contributed by atoms with E-state index in [2.05, 4.69) is 17.1 Å². The van der Waals surface area contributed by atoms with E-state index in [1.165, 1.54) is 5.56 Å². The Hall–Kier alpha value is -1.23. The third-order valence-electron chi connectivity index (χ3n) is 3.43. The molecule has 0 fully saturated rings. The van der Waals surface area contributed by atoms with Crippen LogP contribution in [0.4, 0.5) is 0 Å². The van der Waals surface area contributed by atoms with Gasteiger partial charge in [-0.3, -0.25) is 0 Å². The molecule has 1 aromatic carbocycles. The second kappa shape index (κ2) is 5.41. The lowest BCUT2D eigenvalue weighted by atomic mass is 9.93. The third kappa shape index (κ3) is 2.71. The van der Waals surface area contributed by atoms with Crippen LogP contribution in [-0.4, -0.2) is 22.8 Å². The average molecular weight is 275 g/mol. The molecule has 19 heavy (non-hydrogen) atoms. The van der Waals surface area contributed by atoms with Crippen LogP contribution in [0.2, 0.25) is 0 Å². The van der Waals surface area contributed by atoms with E-state index in [-0.39, 0.29) is 6.10 Å². The molecule has 0 spiro atoms. The van der Waals surface area contributed by atoms with E-state index in [1.807, 2.05) is 24.4 Å². The smallest absolute Gasteiger partial charge is 0.109 e. The van der Waals surface area contributed by atoms with Crippen LogP contribution in [0.15, 0.2) is 29.6 Å². The standard InChI is InChI=1S/C15H17NO2S/c1-10-9-19-14(16-10)8-13(17)15-12-5-3-2-4-11(12)6-7-18-15/h2-5,9,13,15,17H,6-8H2,1H3. The Morgan fingerprint density at radius 1 is 1.47 bits per heavy atom. The second-order valence-electron chi connectivity index (χ2n) is 4.89. The van der Waals surface area contributed by atoms with E-state index in [4.69, 9.17) is 4.74 Å². The molecule has 2 heterocycles. The maximum atomic E-state index is 10.4. The summed E-state index contributed by atoms with van der Waals surface area (Å²) < 4.78 is 5.77. The van der Waals surface area contributed by atoms with Crippen LogP contribution in [0.1, 0.15) is 27.9 Å². The minimum atomic E-state index is -0.535. The van der Waals surface area contributed by atoms with Gasteiger partial charge >= 0.3 is 0 Å². The lowest BCUT2D eigenvalue weighted by molar-refractivity contribution is -0.0460. The molecule has 0 amide bonds. The van der Waals surface area contributed by atoms with Gasteiger partial charge in [-0.2, -0.15) is 0 Å². The van der Waals surface area contributed by atoms with E-state index >= 15 is 0 Å². The molecular formula is C15H17NO2S. The first kappa shape index (κ1) is 12.8. The molecule has 1 aliphatic heterocycles. The van der Waals surface area contributed by atoms with Crippen molar-refractivity contribution in [2.45, 2.75) is 32.0 Å². The van der Waals surface area contributed by atoms with Crippen LogP contribution in [0.5, 0.6) is 0 Å². The van der Waals surface area contributed by atoms with E-state index in [9.17, 15) is 5.11 Å². The van der Waals surface area contributed by atoms with Gasteiger partial charge in [0, 0.05) is 17.5 Å². The van der Waals surface area contributed by atoms with Gasteiger partial charge in [0.1, 0.15) is 6.10 Å². The lowest BCUT2D eigenvalue weighted by Gasteiger charge is -2.29. The molecular weight excluding hydrogens is 258 g/mol. The van der Waals surface area contributed by atoms with E-state index in [0.717, 1.165) is 22.7 Å². The highest BCUT2D eigenvalue weighted by Gasteiger charge is 2.28. The third-order valence-corrected chi connectivity index (χ3v) is 4.42. The summed E-state index contributed by atoms with van der Waals surface area (Å²) in [5.74, 6) is 0. The molecule has 0 saturated carbocycles. The van der Waals surface area contributed by atoms with Crippen molar-refractivity contribution >= 4 is 11.3 Å². The quantitative estimate of drug-likeness (QED) is 0.936. The first-order valence-electron chi connectivity index (χ1n) is 6.52. The average Bonchev–Trinajstić information content (AvgIpc) is 2.83. The molecule has 4 heteroatoms. The Morgan fingerprint density at radius 3 is 3.11 bits per heavy atom. The van der Waals surface area contributed by atoms with Crippen molar-refractivity contribution in [3.8, 4) is 0 Å². The molecule has 3 rings (SSSR count). The molecule has 2 atom stereocenters. The number of rotatable bonds is 3. The molecule has 0 aliphatic carbocycles. The minimum absolute atomic E-state index is 0.228. The number of benzene rings is 1. The maximum absolute atomic E-state index is 10.4. The summed E-state index contributed by atoms with van der Waals surface area (Å²) >= 11 is 1.60. The van der Waals surface area contributed by atoms with Crippen molar-refractivity contribution in [2.24, 2.45) is 0 Å². The summed E-state index contributed by atoms with van der Waals surface area (Å²) in [5, 5.41) is 13.4. The zero-order chi connectivity index (χ0) is 13.2. The molecule has 1 aliphatic rings. The first-order chi connectivity index (χ1) is 9.24. The number of aliphatic hydroxyl groups excluding tert-OH is 1. The minimum Gasteiger partial charge on any atom is -0.390 e. The zero-order valence-electron chi connectivity index (χ0n) is 10.9. The van der Waals surface area contributed by atoms with Gasteiger partial charge in [-0.1, -0.05) is 24.3 Å². The fourth-order valence-corrected chi connectivity index (χ4v) is 3.35. The van der Waals surface area contributed by atoms with Gasteiger partial charge in [0.15, 0.2) is 0 Å². The monoisotopic (exact) mass is 275 g/mol. The number of fused-ring (bicyclic) bond motifs is 1. The molecule has 3 nitrogen and oxygen atoms in total. The van der Waals surface area contributed by atoms with E-state index in [1.54, 1.807) is 11.3 Å². The molecule has 0 bridgehead atoms. The highest BCUT2D eigenvalue weighted by Crippen LogP contribution is 2.31. The summed E-state index contributed by atoms with van der Waals surface area (Å²) in [6.45, 7) is 2.65. The van der Waals surface area contributed by atoms with Crippen LogP contribution < -0.4 is 0 Å². The highest BCUT2D eigenvalue weighted by molar-refractivity contribution is 7.09. The molecule has 2 unspecified atom stereocenters. The fraction of sp³-hybridized carbons (Fsp3) is 0.400. The van der Waals surface area contributed by atoms with Gasteiger partial charge in [0.2, 0.25) is 0 Å². The first-order valence-corrected chi connectivity index (χ1v) is 7.40. The van der Waals surface area contributed by atoms with E-state index in [0.29, 0.717) is 13.0 Å². The van der Waals surface area contributed by atoms with Gasteiger partial charge in [0.25, 0.3) is 0 Å². The zero-order valence-corrected chi connectivity index (χ0v) is 11.7. The number of ether oxygens (including phenoxy) is 1. The summed E-state index contributed by atoms with van der Waals surface area (Å²) in [4.78, 5) is 4.40. The Bertz CT molecular complexity index is 567. The topological polar surface area (TPSA) is 42.4 Å². The van der Waals surface area contributed by atoms with Crippen molar-refractivity contribution in [3.63, 3.8) is 0 Å². The molecule has 1 aromatic heterocycles. The second-order valence-corrected chi connectivity index (χ2v) is 5.84. The predicted molar refractivity (Wildman–Crippen MR) is 75.4 cm³/mol. The van der Waals surface area contributed by atoms with Crippen molar-refractivity contribution in [1.29, 1.82) is 0 Å². The number of thiazole rings is 1. The summed E-state index contributed by atoms with van der Waals surface area (Å²) in [5.41, 5.74) is 3.42. The maximum Gasteiger partial charge on any atom is 0.109 e. The Balaban J connectivity index is 1.79. The molecule has 0 radical (unpaired) electrons. The van der Waals surface area contributed by atoms with Gasteiger partial charge < -0.3 is 9.84 Å². The molecule has 100 valence electrons. The number of nitrogens with zero attached hydrogens (tertiary/aromatic N) is 1. The van der Waals surface area contributed by atoms with Crippen LogP contribution in [-0.2, 0) is 17.6 Å². The van der Waals surface area contributed by atoms with Crippen LogP contribution in [0.3, 0.4) is 0 Å². The Kier molecular flexibility index (Phi) is 3.64. The number of aryl methyl sites for hydroxylation is 1. The van der Waals surface area contributed by atoms with Crippen molar-refractivity contribution < 1.29 is 9.84 Å². The number of aliphatic hydroxyl groups is 1. The van der Waals surface area contributed by atoms with E-state index < -0.39 is 6.10 Å². The number of hydrogen-bond acceptors (Lipinski definition) is 4. The molecule has 1 N–H and O–H groups in total. The molecule has 2 aromatic rings. The summed E-state index contributed by atoms with van der Waals surface area (Å²) in [7, 11) is 0. The largest absolute Gasteiger partial charge is 0.390 e. The summed E-state index contributed by atoms with van der Waals surface area (Å²) in [6, 6.07) is 8.21. The Labute approximate surface area is 116 Å². The highest BCUT2D eigenvalue weighted by atomic mass is 32.1. The molecule has 0 saturated heterocycles. The van der Waals surface area contributed by atoms with Gasteiger partial charge in [-0.15, -0.1) is 11.3 Å². The van der Waals surface area contributed by atoms with Crippen molar-refractivity contribution in [3.05, 3.63) is 51.5 Å². The predicted octanol–water partition coefficient (Wildman–Crippen LogP) is 2.67. The van der Waals surface area contributed by atoms with Gasteiger partial charge in [-0.25, -0.2) is 4.98 Å². The van der Waals surface area contributed by atoms with Crippen molar-refractivity contribution in [1.82, 2.24) is 4.98 Å². The lowest BCUT2D eigenvalue weighted by Crippen LogP contribution is -2.28. The SMILES string of the molecule is Cc1csc(CC(O)C2OCCc3ccccc32)n1. The van der Waals surface area contributed by atoms with Crippen LogP contribution >= 0.6 is 11.3 Å².